The van der Waals surface area contributed by atoms with Crippen molar-refractivity contribution in [2.45, 2.75) is 37.6 Å². The van der Waals surface area contributed by atoms with Crippen molar-refractivity contribution in [3.8, 4) is 0 Å². The normalized spacial score (nSPS) is 22.9. The predicted molar refractivity (Wildman–Crippen MR) is 77.3 cm³/mol. The molecule has 1 amide bonds. The van der Waals surface area contributed by atoms with Crippen LogP contribution in [0.3, 0.4) is 0 Å². The Labute approximate surface area is 121 Å². The molecule has 1 fully saturated rings. The number of carbonyl (C=O) groups is 1. The second kappa shape index (κ2) is 5.32. The van der Waals surface area contributed by atoms with Gasteiger partial charge in [0.15, 0.2) is 0 Å². The fourth-order valence-electron chi connectivity index (χ4n) is 3.10. The van der Waals surface area contributed by atoms with Gasteiger partial charge in [-0.2, -0.15) is 5.10 Å². The Morgan fingerprint density at radius 3 is 2.80 bits per heavy atom. The molecule has 5 nitrogen and oxygen atoms in total. The summed E-state index contributed by atoms with van der Waals surface area (Å²) in [6.45, 7) is 0. The summed E-state index contributed by atoms with van der Waals surface area (Å²) in [5, 5.41) is 20.2. The summed E-state index contributed by atoms with van der Waals surface area (Å²) in [5.74, 6) is 0.417. The van der Waals surface area contributed by atoms with Crippen LogP contribution in [0.25, 0.3) is 10.9 Å². The highest BCUT2D eigenvalue weighted by Gasteiger charge is 2.25. The highest BCUT2D eigenvalue weighted by Crippen LogP contribution is 2.37. The van der Waals surface area contributed by atoms with Crippen LogP contribution < -0.4 is 5.32 Å². The van der Waals surface area contributed by atoms with Crippen molar-refractivity contribution in [1.82, 2.24) is 15.5 Å². The van der Waals surface area contributed by atoms with Crippen LogP contribution in [-0.2, 0) is 0 Å². The lowest BCUT2D eigenvalue weighted by Gasteiger charge is -2.29. The van der Waals surface area contributed by atoms with E-state index >= 15 is 0 Å². The third-order valence-electron chi connectivity index (χ3n) is 4.05. The Bertz CT molecular complexity index is 632. The van der Waals surface area contributed by atoms with E-state index in [2.05, 4.69) is 15.5 Å². The molecule has 3 rings (SSSR count). The molecule has 0 aliphatic heterocycles. The molecule has 1 aromatic carbocycles. The lowest BCUT2D eigenvalue weighted by atomic mass is 9.81. The van der Waals surface area contributed by atoms with Crippen LogP contribution in [0.4, 0.5) is 4.79 Å². The van der Waals surface area contributed by atoms with E-state index in [0.717, 1.165) is 36.6 Å². The Kier molecular flexibility index (Phi) is 3.53. The minimum absolute atomic E-state index is 0.0720. The Morgan fingerprint density at radius 1 is 1.35 bits per heavy atom. The van der Waals surface area contributed by atoms with Gasteiger partial charge in [0.2, 0.25) is 0 Å². The van der Waals surface area contributed by atoms with Gasteiger partial charge in [-0.1, -0.05) is 11.6 Å². The first-order chi connectivity index (χ1) is 9.63. The van der Waals surface area contributed by atoms with E-state index in [1.807, 2.05) is 18.3 Å². The van der Waals surface area contributed by atoms with Crippen LogP contribution in [0.1, 0.15) is 37.2 Å². The van der Waals surface area contributed by atoms with E-state index in [-0.39, 0.29) is 6.04 Å². The number of nitrogens with zero attached hydrogens (tertiary/aromatic N) is 1. The molecule has 0 atom stereocenters. The molecule has 0 unspecified atom stereocenters. The van der Waals surface area contributed by atoms with Gasteiger partial charge in [0.05, 0.1) is 11.7 Å². The smallest absolute Gasteiger partial charge is 0.404 e. The fourth-order valence-corrected chi connectivity index (χ4v) is 3.33. The van der Waals surface area contributed by atoms with Crippen LogP contribution >= 0.6 is 11.6 Å². The quantitative estimate of drug-likeness (QED) is 0.793. The summed E-state index contributed by atoms with van der Waals surface area (Å²) >= 11 is 6.16. The number of fused-ring (bicyclic) bond motifs is 1. The maximum Gasteiger partial charge on any atom is 0.404 e. The maximum absolute atomic E-state index is 10.7. The molecule has 3 N–H and O–H groups in total. The van der Waals surface area contributed by atoms with Gasteiger partial charge >= 0.3 is 6.09 Å². The zero-order chi connectivity index (χ0) is 14.1. The molecule has 1 heterocycles. The summed E-state index contributed by atoms with van der Waals surface area (Å²) in [5.41, 5.74) is 2.17. The average molecular weight is 294 g/mol. The zero-order valence-corrected chi connectivity index (χ0v) is 11.7. The molecule has 1 aliphatic carbocycles. The first-order valence-electron chi connectivity index (χ1n) is 6.75. The van der Waals surface area contributed by atoms with E-state index in [1.54, 1.807) is 0 Å². The number of aromatic nitrogens is 2. The molecule has 1 saturated carbocycles. The number of hydrogen-bond donors (Lipinski definition) is 3. The lowest BCUT2D eigenvalue weighted by molar-refractivity contribution is 0.185. The number of amides is 1. The number of hydrogen-bond acceptors (Lipinski definition) is 2. The summed E-state index contributed by atoms with van der Waals surface area (Å²) < 4.78 is 0. The van der Waals surface area contributed by atoms with E-state index < -0.39 is 6.09 Å². The van der Waals surface area contributed by atoms with Gasteiger partial charge in [-0.05, 0) is 49.3 Å². The number of carboxylic acid groups (broad SMARTS) is 1. The molecular weight excluding hydrogens is 278 g/mol. The van der Waals surface area contributed by atoms with Gasteiger partial charge in [0.25, 0.3) is 0 Å². The van der Waals surface area contributed by atoms with Gasteiger partial charge in [0, 0.05) is 16.5 Å². The van der Waals surface area contributed by atoms with Crippen LogP contribution in [0.5, 0.6) is 0 Å². The minimum atomic E-state index is -0.937. The molecule has 1 aromatic heterocycles. The van der Waals surface area contributed by atoms with E-state index in [4.69, 9.17) is 16.7 Å². The van der Waals surface area contributed by atoms with Gasteiger partial charge in [-0.15, -0.1) is 0 Å². The van der Waals surface area contributed by atoms with E-state index in [1.165, 1.54) is 5.56 Å². The van der Waals surface area contributed by atoms with Gasteiger partial charge < -0.3 is 10.4 Å². The number of halogens is 1. The molecular formula is C14H16ClN3O2. The Balaban J connectivity index is 1.79. The molecule has 20 heavy (non-hydrogen) atoms. The first-order valence-corrected chi connectivity index (χ1v) is 7.13. The second-order valence-electron chi connectivity index (χ2n) is 5.32. The summed E-state index contributed by atoms with van der Waals surface area (Å²) in [7, 11) is 0. The largest absolute Gasteiger partial charge is 0.465 e. The van der Waals surface area contributed by atoms with Crippen LogP contribution in [0, 0.1) is 0 Å². The molecule has 0 bridgehead atoms. The van der Waals surface area contributed by atoms with Gasteiger partial charge in [-0.25, -0.2) is 4.79 Å². The average Bonchev–Trinajstić information content (AvgIpc) is 2.86. The summed E-state index contributed by atoms with van der Waals surface area (Å²) in [6.07, 6.45) is 4.55. The van der Waals surface area contributed by atoms with Crippen LogP contribution in [0.15, 0.2) is 18.3 Å². The van der Waals surface area contributed by atoms with Crippen molar-refractivity contribution in [2.24, 2.45) is 0 Å². The molecule has 2 aromatic rings. The molecule has 0 radical (unpaired) electrons. The van der Waals surface area contributed by atoms with Gasteiger partial charge in [-0.3, -0.25) is 5.10 Å². The topological polar surface area (TPSA) is 78.0 Å². The van der Waals surface area contributed by atoms with Crippen LogP contribution in [-0.4, -0.2) is 27.4 Å². The fraction of sp³-hybridized carbons (Fsp3) is 0.429. The third kappa shape index (κ3) is 2.58. The highest BCUT2D eigenvalue weighted by atomic mass is 35.5. The SMILES string of the molecule is O=C(O)NC1CCC(c2cc(Cl)cc3[nH]ncc23)CC1. The monoisotopic (exact) mass is 293 g/mol. The highest BCUT2D eigenvalue weighted by molar-refractivity contribution is 6.31. The molecule has 0 saturated heterocycles. The summed E-state index contributed by atoms with van der Waals surface area (Å²) in [4.78, 5) is 10.7. The number of rotatable bonds is 2. The number of H-pyrrole nitrogens is 1. The zero-order valence-electron chi connectivity index (χ0n) is 10.9. The number of aromatic amines is 1. The van der Waals surface area contributed by atoms with E-state index in [9.17, 15) is 4.79 Å². The van der Waals surface area contributed by atoms with Crippen molar-refractivity contribution in [1.29, 1.82) is 0 Å². The second-order valence-corrected chi connectivity index (χ2v) is 5.76. The van der Waals surface area contributed by atoms with Crippen molar-refractivity contribution in [3.05, 3.63) is 28.9 Å². The Morgan fingerprint density at radius 2 is 2.10 bits per heavy atom. The summed E-state index contributed by atoms with van der Waals surface area (Å²) in [6, 6.07) is 3.96. The van der Waals surface area contributed by atoms with Gasteiger partial charge in [0.1, 0.15) is 0 Å². The number of benzene rings is 1. The standard InChI is InChI=1S/C14H16ClN3O2/c15-9-5-11(12-7-16-18-13(12)6-9)8-1-3-10(4-2-8)17-14(19)20/h5-8,10,17H,1-4H2,(H,16,18)(H,19,20). The molecule has 1 aliphatic rings. The molecule has 106 valence electrons. The van der Waals surface area contributed by atoms with Crippen molar-refractivity contribution >= 4 is 28.6 Å². The molecule has 6 heteroatoms. The lowest BCUT2D eigenvalue weighted by Crippen LogP contribution is -2.36. The van der Waals surface area contributed by atoms with Crippen molar-refractivity contribution < 1.29 is 9.90 Å². The Hall–Kier alpha value is -1.75. The van der Waals surface area contributed by atoms with Crippen molar-refractivity contribution in [3.63, 3.8) is 0 Å². The first kappa shape index (κ1) is 13.2. The number of nitrogens with one attached hydrogen (secondary N) is 2. The third-order valence-corrected chi connectivity index (χ3v) is 4.27. The maximum atomic E-state index is 10.7. The van der Waals surface area contributed by atoms with Crippen LogP contribution in [0.2, 0.25) is 5.02 Å². The van der Waals surface area contributed by atoms with E-state index in [0.29, 0.717) is 10.9 Å². The minimum Gasteiger partial charge on any atom is -0.465 e. The molecule has 0 spiro atoms. The predicted octanol–water partition coefficient (Wildman–Crippen LogP) is 3.51. The van der Waals surface area contributed by atoms with Crippen molar-refractivity contribution in [2.75, 3.05) is 0 Å².